The molecule has 0 aliphatic carbocycles. The molecule has 9 nitrogen and oxygen atoms in total. The van der Waals surface area contributed by atoms with Crippen molar-refractivity contribution in [2.75, 3.05) is 32.8 Å². The van der Waals surface area contributed by atoms with Gasteiger partial charge in [-0.05, 0) is 65.7 Å². The summed E-state index contributed by atoms with van der Waals surface area (Å²) in [7, 11) is 0. The molecule has 0 bridgehead atoms. The summed E-state index contributed by atoms with van der Waals surface area (Å²) in [6.45, 7) is 9.72. The van der Waals surface area contributed by atoms with Gasteiger partial charge < -0.3 is 24.6 Å². The van der Waals surface area contributed by atoms with Crippen LogP contribution in [-0.2, 0) is 23.9 Å². The fraction of sp³-hybridized carbons (Fsp3) is 0.769. The minimum atomic E-state index is -0.870. The van der Waals surface area contributed by atoms with Gasteiger partial charge in [0.1, 0.15) is 11.6 Å². The van der Waals surface area contributed by atoms with Crippen LogP contribution in [0, 0.1) is 24.2 Å². The summed E-state index contributed by atoms with van der Waals surface area (Å²) in [6, 6.07) is -0.870. The number of ether oxygens (including phenoxy) is 2. The summed E-state index contributed by atoms with van der Waals surface area (Å²) in [5.74, 6) is 1.64. The molecule has 2 fully saturated rings. The van der Waals surface area contributed by atoms with Gasteiger partial charge in [-0.15, -0.1) is 12.3 Å². The summed E-state index contributed by atoms with van der Waals surface area (Å²) >= 11 is 0. The van der Waals surface area contributed by atoms with E-state index in [1.807, 2.05) is 20.8 Å². The van der Waals surface area contributed by atoms with Crippen molar-refractivity contribution < 1.29 is 28.7 Å². The third-order valence-corrected chi connectivity index (χ3v) is 6.39. The number of amides is 3. The van der Waals surface area contributed by atoms with Gasteiger partial charge in [0.05, 0.1) is 12.5 Å². The van der Waals surface area contributed by atoms with Gasteiger partial charge in [0, 0.05) is 39.0 Å². The van der Waals surface area contributed by atoms with Crippen molar-refractivity contribution in [2.45, 2.75) is 84.3 Å². The Labute approximate surface area is 209 Å². The van der Waals surface area contributed by atoms with Gasteiger partial charge in [0.15, 0.2) is 0 Å². The zero-order valence-corrected chi connectivity index (χ0v) is 21.6. The molecule has 0 spiro atoms. The van der Waals surface area contributed by atoms with E-state index in [-0.39, 0.29) is 36.9 Å². The number of nitrogens with one attached hydrogen (secondary N) is 1. The zero-order valence-electron chi connectivity index (χ0n) is 21.6. The van der Waals surface area contributed by atoms with Gasteiger partial charge in [-0.1, -0.05) is 0 Å². The lowest BCUT2D eigenvalue weighted by Crippen LogP contribution is -2.49. The summed E-state index contributed by atoms with van der Waals surface area (Å²) < 4.78 is 10.4. The summed E-state index contributed by atoms with van der Waals surface area (Å²) in [5, 5.41) is 2.71. The molecule has 196 valence electrons. The van der Waals surface area contributed by atoms with Gasteiger partial charge in [0.25, 0.3) is 0 Å². The van der Waals surface area contributed by atoms with Crippen LogP contribution in [0.1, 0.15) is 72.6 Å². The van der Waals surface area contributed by atoms with Crippen molar-refractivity contribution in [2.24, 2.45) is 11.8 Å². The Kier molecular flexibility index (Phi) is 10.9. The standard InChI is InChI=1S/C26H41N3O6/c1-6-9-21(24(32)34-7-2)27-23(31)20-10-8-15-29(18-20)22(30)12-11-19-13-16-28(17-14-19)25(33)35-26(3,4)5/h1,19-21H,7-18H2,2-5H3,(H,27,31)/t20-,21+/m1/s1. The summed E-state index contributed by atoms with van der Waals surface area (Å²) in [4.78, 5) is 53.4. The maximum absolute atomic E-state index is 12.9. The first kappa shape index (κ1) is 28.5. The van der Waals surface area contributed by atoms with Gasteiger partial charge in [-0.25, -0.2) is 9.59 Å². The smallest absolute Gasteiger partial charge is 0.410 e. The van der Waals surface area contributed by atoms with E-state index in [0.29, 0.717) is 44.9 Å². The largest absolute Gasteiger partial charge is 0.464 e. The monoisotopic (exact) mass is 491 g/mol. The third-order valence-electron chi connectivity index (χ3n) is 6.39. The fourth-order valence-electron chi connectivity index (χ4n) is 4.48. The molecule has 35 heavy (non-hydrogen) atoms. The number of rotatable bonds is 8. The topological polar surface area (TPSA) is 105 Å². The van der Waals surface area contributed by atoms with Crippen LogP contribution in [0.5, 0.6) is 0 Å². The van der Waals surface area contributed by atoms with Crippen molar-refractivity contribution in [1.29, 1.82) is 0 Å². The number of esters is 1. The van der Waals surface area contributed by atoms with Crippen molar-refractivity contribution >= 4 is 23.9 Å². The number of hydrogen-bond acceptors (Lipinski definition) is 6. The Morgan fingerprint density at radius 1 is 1.09 bits per heavy atom. The molecule has 2 aliphatic heterocycles. The molecule has 2 rings (SSSR count). The molecule has 0 unspecified atom stereocenters. The van der Waals surface area contributed by atoms with Crippen LogP contribution < -0.4 is 5.32 Å². The van der Waals surface area contributed by atoms with Crippen molar-refractivity contribution in [3.8, 4) is 12.3 Å². The molecule has 0 radical (unpaired) electrons. The molecule has 2 atom stereocenters. The third kappa shape index (κ3) is 9.42. The number of terminal acetylenes is 1. The first-order valence-corrected chi connectivity index (χ1v) is 12.7. The Bertz CT molecular complexity index is 792. The first-order valence-electron chi connectivity index (χ1n) is 12.7. The highest BCUT2D eigenvalue weighted by Crippen LogP contribution is 2.25. The van der Waals surface area contributed by atoms with E-state index in [4.69, 9.17) is 15.9 Å². The van der Waals surface area contributed by atoms with E-state index >= 15 is 0 Å². The highest BCUT2D eigenvalue weighted by Gasteiger charge is 2.32. The van der Waals surface area contributed by atoms with E-state index in [1.165, 1.54) is 0 Å². The van der Waals surface area contributed by atoms with E-state index in [9.17, 15) is 19.2 Å². The van der Waals surface area contributed by atoms with Crippen LogP contribution >= 0.6 is 0 Å². The second kappa shape index (κ2) is 13.4. The van der Waals surface area contributed by atoms with Gasteiger partial charge >= 0.3 is 12.1 Å². The Morgan fingerprint density at radius 2 is 1.77 bits per heavy atom. The maximum Gasteiger partial charge on any atom is 0.410 e. The molecule has 9 heteroatoms. The minimum absolute atomic E-state index is 0.0441. The molecule has 3 amide bonds. The minimum Gasteiger partial charge on any atom is -0.464 e. The molecule has 2 aliphatic rings. The lowest BCUT2D eigenvalue weighted by Gasteiger charge is -2.35. The molecule has 2 saturated heterocycles. The second-order valence-electron chi connectivity index (χ2n) is 10.3. The van der Waals surface area contributed by atoms with E-state index in [1.54, 1.807) is 16.7 Å². The molecule has 1 N–H and O–H groups in total. The Balaban J connectivity index is 1.78. The second-order valence-corrected chi connectivity index (χ2v) is 10.3. The van der Waals surface area contributed by atoms with Crippen LogP contribution in [0.25, 0.3) is 0 Å². The quantitative estimate of drug-likeness (QED) is 0.413. The lowest BCUT2D eigenvalue weighted by atomic mass is 9.91. The van der Waals surface area contributed by atoms with E-state index in [2.05, 4.69) is 11.2 Å². The normalized spacial score (nSPS) is 19.9. The fourth-order valence-corrected chi connectivity index (χ4v) is 4.48. The van der Waals surface area contributed by atoms with Crippen LogP contribution in [0.15, 0.2) is 0 Å². The average molecular weight is 492 g/mol. The number of piperidine rings is 2. The molecule has 0 aromatic heterocycles. The number of carbonyl (C=O) groups is 4. The Morgan fingerprint density at radius 3 is 2.37 bits per heavy atom. The molecule has 0 aromatic carbocycles. The zero-order chi connectivity index (χ0) is 26.0. The highest BCUT2D eigenvalue weighted by atomic mass is 16.6. The number of likely N-dealkylation sites (tertiary alicyclic amines) is 2. The van der Waals surface area contributed by atoms with Crippen molar-refractivity contribution in [3.63, 3.8) is 0 Å². The van der Waals surface area contributed by atoms with E-state index < -0.39 is 17.6 Å². The number of carbonyl (C=O) groups excluding carboxylic acids is 4. The first-order chi connectivity index (χ1) is 16.5. The molecule has 0 saturated carbocycles. The van der Waals surface area contributed by atoms with E-state index in [0.717, 1.165) is 25.7 Å². The highest BCUT2D eigenvalue weighted by molar-refractivity contribution is 5.86. The predicted molar refractivity (Wildman–Crippen MR) is 131 cm³/mol. The summed E-state index contributed by atoms with van der Waals surface area (Å²) in [5.41, 5.74) is -0.509. The average Bonchev–Trinajstić information content (AvgIpc) is 2.81. The van der Waals surface area contributed by atoms with Crippen LogP contribution in [0.3, 0.4) is 0 Å². The van der Waals surface area contributed by atoms with Crippen LogP contribution in [0.2, 0.25) is 0 Å². The lowest BCUT2D eigenvalue weighted by molar-refractivity contribution is -0.148. The Hall–Kier alpha value is -2.76. The molecular formula is C26H41N3O6. The van der Waals surface area contributed by atoms with Crippen LogP contribution in [0.4, 0.5) is 4.79 Å². The van der Waals surface area contributed by atoms with Gasteiger partial charge in [0.2, 0.25) is 11.8 Å². The van der Waals surface area contributed by atoms with Gasteiger partial charge in [-0.3, -0.25) is 9.59 Å². The van der Waals surface area contributed by atoms with Crippen molar-refractivity contribution in [3.05, 3.63) is 0 Å². The number of hydrogen-bond donors (Lipinski definition) is 1. The maximum atomic E-state index is 12.9. The van der Waals surface area contributed by atoms with Gasteiger partial charge in [-0.2, -0.15) is 0 Å². The predicted octanol–water partition coefficient (Wildman–Crippen LogP) is 2.72. The molecule has 0 aromatic rings. The number of nitrogens with zero attached hydrogens (tertiary/aromatic N) is 2. The van der Waals surface area contributed by atoms with Crippen molar-refractivity contribution in [1.82, 2.24) is 15.1 Å². The molecular weight excluding hydrogens is 450 g/mol. The SMILES string of the molecule is C#CC[C@H](NC(=O)[C@@H]1CCCN(C(=O)CCC2CCN(C(=O)OC(C)(C)C)CC2)C1)C(=O)OCC. The summed E-state index contributed by atoms with van der Waals surface area (Å²) in [6.07, 6.45) is 9.39. The van der Waals surface area contributed by atoms with Crippen LogP contribution in [-0.4, -0.2) is 78.1 Å². The molecule has 2 heterocycles.